The minimum absolute atomic E-state index is 0.415. The Morgan fingerprint density at radius 2 is 1.63 bits per heavy atom. The second kappa shape index (κ2) is 8.97. The van der Waals surface area contributed by atoms with Crippen molar-refractivity contribution in [1.29, 1.82) is 0 Å². The van der Waals surface area contributed by atoms with Crippen molar-refractivity contribution in [3.05, 3.63) is 0 Å². The lowest BCUT2D eigenvalue weighted by atomic mass is 9.87. The van der Waals surface area contributed by atoms with Gasteiger partial charge in [-0.25, -0.2) is 0 Å². The average molecular weight is 271 g/mol. The molecule has 2 nitrogen and oxygen atoms in total. The third-order valence-corrected chi connectivity index (χ3v) is 3.42. The molecule has 0 aliphatic heterocycles. The molecular formula is C17H38N2. The van der Waals surface area contributed by atoms with Gasteiger partial charge in [-0.2, -0.15) is 0 Å². The molecule has 0 bridgehead atoms. The van der Waals surface area contributed by atoms with Gasteiger partial charge in [0.15, 0.2) is 0 Å². The van der Waals surface area contributed by atoms with Crippen LogP contribution in [0.4, 0.5) is 0 Å². The standard InChI is InChI=1S/C17H38N2/c1-8-12-18-14-17(5,6)11-9-10-13-19(7)15-16(2,3)4/h18H,8-15H2,1-7H3. The van der Waals surface area contributed by atoms with Crippen LogP contribution < -0.4 is 5.32 Å². The molecule has 0 heterocycles. The highest BCUT2D eigenvalue weighted by Crippen LogP contribution is 2.22. The molecule has 0 aliphatic carbocycles. The molecule has 0 aliphatic rings. The van der Waals surface area contributed by atoms with Gasteiger partial charge in [-0.15, -0.1) is 0 Å². The van der Waals surface area contributed by atoms with Crippen molar-refractivity contribution in [2.24, 2.45) is 10.8 Å². The lowest BCUT2D eigenvalue weighted by Crippen LogP contribution is -2.31. The molecule has 2 heteroatoms. The quantitative estimate of drug-likeness (QED) is 0.600. The lowest BCUT2D eigenvalue weighted by molar-refractivity contribution is 0.217. The van der Waals surface area contributed by atoms with Gasteiger partial charge in [0.05, 0.1) is 0 Å². The van der Waals surface area contributed by atoms with E-state index in [4.69, 9.17) is 0 Å². The highest BCUT2D eigenvalue weighted by atomic mass is 15.1. The Labute approximate surface area is 122 Å². The number of rotatable bonds is 10. The molecule has 0 spiro atoms. The van der Waals surface area contributed by atoms with Gasteiger partial charge in [-0.3, -0.25) is 0 Å². The van der Waals surface area contributed by atoms with Crippen molar-refractivity contribution in [2.45, 2.75) is 67.2 Å². The fourth-order valence-corrected chi connectivity index (χ4v) is 2.57. The van der Waals surface area contributed by atoms with Gasteiger partial charge >= 0.3 is 0 Å². The van der Waals surface area contributed by atoms with Crippen molar-refractivity contribution < 1.29 is 0 Å². The van der Waals surface area contributed by atoms with E-state index in [-0.39, 0.29) is 0 Å². The van der Waals surface area contributed by atoms with Crippen LogP contribution in [0.25, 0.3) is 0 Å². The Balaban J connectivity index is 3.67. The number of nitrogens with one attached hydrogen (secondary N) is 1. The molecule has 0 aromatic carbocycles. The molecule has 19 heavy (non-hydrogen) atoms. The van der Waals surface area contributed by atoms with Crippen LogP contribution in [0.5, 0.6) is 0 Å². The summed E-state index contributed by atoms with van der Waals surface area (Å²) < 4.78 is 0. The Bertz CT molecular complexity index is 216. The SMILES string of the molecule is CCCNCC(C)(C)CCCCN(C)CC(C)(C)C. The second-order valence-electron chi connectivity index (χ2n) is 8.10. The molecule has 116 valence electrons. The first-order chi connectivity index (χ1) is 8.66. The van der Waals surface area contributed by atoms with Crippen molar-refractivity contribution in [1.82, 2.24) is 10.2 Å². The Hall–Kier alpha value is -0.0800. The zero-order valence-corrected chi connectivity index (χ0v) is 14.6. The zero-order chi connectivity index (χ0) is 14.9. The maximum Gasteiger partial charge on any atom is 0.00270 e. The second-order valence-corrected chi connectivity index (χ2v) is 8.10. The summed E-state index contributed by atoms with van der Waals surface area (Å²) in [5.74, 6) is 0. The molecule has 0 aromatic heterocycles. The van der Waals surface area contributed by atoms with Crippen molar-refractivity contribution in [2.75, 3.05) is 33.2 Å². The largest absolute Gasteiger partial charge is 0.316 e. The number of hydrogen-bond donors (Lipinski definition) is 1. The summed E-state index contributed by atoms with van der Waals surface area (Å²) in [6.45, 7) is 18.7. The van der Waals surface area contributed by atoms with E-state index in [0.29, 0.717) is 10.8 Å². The third-order valence-electron chi connectivity index (χ3n) is 3.42. The van der Waals surface area contributed by atoms with Crippen LogP contribution in [-0.4, -0.2) is 38.1 Å². The summed E-state index contributed by atoms with van der Waals surface area (Å²) in [5.41, 5.74) is 0.857. The fourth-order valence-electron chi connectivity index (χ4n) is 2.57. The third kappa shape index (κ3) is 12.7. The topological polar surface area (TPSA) is 15.3 Å². The lowest BCUT2D eigenvalue weighted by Gasteiger charge is -2.28. The predicted octanol–water partition coefficient (Wildman–Crippen LogP) is 4.16. The van der Waals surface area contributed by atoms with Crippen molar-refractivity contribution >= 4 is 0 Å². The normalized spacial score (nSPS) is 13.3. The van der Waals surface area contributed by atoms with E-state index in [2.05, 4.69) is 58.8 Å². The summed E-state index contributed by atoms with van der Waals surface area (Å²) in [6, 6.07) is 0. The maximum atomic E-state index is 3.55. The van der Waals surface area contributed by atoms with Gasteiger partial charge < -0.3 is 10.2 Å². The maximum absolute atomic E-state index is 3.55. The minimum atomic E-state index is 0.415. The van der Waals surface area contributed by atoms with Gasteiger partial charge in [-0.1, -0.05) is 48.0 Å². The van der Waals surface area contributed by atoms with Crippen LogP contribution in [0, 0.1) is 10.8 Å². The van der Waals surface area contributed by atoms with E-state index in [1.165, 1.54) is 38.8 Å². The number of hydrogen-bond acceptors (Lipinski definition) is 2. The highest BCUT2D eigenvalue weighted by Gasteiger charge is 2.17. The summed E-state index contributed by atoms with van der Waals surface area (Å²) in [6.07, 6.45) is 5.22. The highest BCUT2D eigenvalue weighted by molar-refractivity contribution is 4.72. The molecular weight excluding hydrogens is 232 g/mol. The van der Waals surface area contributed by atoms with Gasteiger partial charge in [0.25, 0.3) is 0 Å². The van der Waals surface area contributed by atoms with Gasteiger partial charge in [0.2, 0.25) is 0 Å². The molecule has 0 saturated heterocycles. The zero-order valence-electron chi connectivity index (χ0n) is 14.6. The van der Waals surface area contributed by atoms with Crippen LogP contribution in [0.1, 0.15) is 67.2 Å². The predicted molar refractivity (Wildman–Crippen MR) is 87.7 cm³/mol. The van der Waals surface area contributed by atoms with Gasteiger partial charge in [0.1, 0.15) is 0 Å². The van der Waals surface area contributed by atoms with E-state index in [0.717, 1.165) is 13.1 Å². The summed E-state index contributed by atoms with van der Waals surface area (Å²) >= 11 is 0. The van der Waals surface area contributed by atoms with E-state index in [1.54, 1.807) is 0 Å². The van der Waals surface area contributed by atoms with E-state index in [9.17, 15) is 0 Å². The Morgan fingerprint density at radius 3 is 2.16 bits per heavy atom. The van der Waals surface area contributed by atoms with Gasteiger partial charge in [0, 0.05) is 13.1 Å². The Kier molecular flexibility index (Phi) is 8.93. The summed E-state index contributed by atoms with van der Waals surface area (Å²) in [7, 11) is 2.25. The summed E-state index contributed by atoms with van der Waals surface area (Å²) in [4.78, 5) is 2.47. The first kappa shape index (κ1) is 18.9. The molecule has 0 amide bonds. The fraction of sp³-hybridized carbons (Fsp3) is 1.00. The molecule has 0 rings (SSSR count). The van der Waals surface area contributed by atoms with Crippen molar-refractivity contribution in [3.8, 4) is 0 Å². The van der Waals surface area contributed by atoms with E-state index >= 15 is 0 Å². The average Bonchev–Trinajstić information content (AvgIpc) is 2.22. The number of unbranched alkanes of at least 4 members (excludes halogenated alkanes) is 1. The van der Waals surface area contributed by atoms with E-state index in [1.807, 2.05) is 0 Å². The van der Waals surface area contributed by atoms with E-state index < -0.39 is 0 Å². The Morgan fingerprint density at radius 1 is 1.00 bits per heavy atom. The van der Waals surface area contributed by atoms with Crippen LogP contribution in [0.2, 0.25) is 0 Å². The van der Waals surface area contributed by atoms with Gasteiger partial charge in [-0.05, 0) is 50.2 Å². The molecule has 1 N–H and O–H groups in total. The summed E-state index contributed by atoms with van der Waals surface area (Å²) in [5, 5.41) is 3.55. The molecule has 0 saturated carbocycles. The van der Waals surface area contributed by atoms with Crippen LogP contribution in [-0.2, 0) is 0 Å². The van der Waals surface area contributed by atoms with Crippen LogP contribution in [0.15, 0.2) is 0 Å². The first-order valence-corrected chi connectivity index (χ1v) is 8.05. The smallest absolute Gasteiger partial charge is 0.00270 e. The molecule has 0 aromatic rings. The molecule has 0 atom stereocenters. The van der Waals surface area contributed by atoms with Crippen molar-refractivity contribution in [3.63, 3.8) is 0 Å². The monoisotopic (exact) mass is 270 g/mol. The van der Waals surface area contributed by atoms with Crippen LogP contribution >= 0.6 is 0 Å². The first-order valence-electron chi connectivity index (χ1n) is 8.05. The number of nitrogens with zero attached hydrogens (tertiary/aromatic N) is 1. The minimum Gasteiger partial charge on any atom is -0.316 e. The molecule has 0 unspecified atom stereocenters. The van der Waals surface area contributed by atoms with Crippen LogP contribution in [0.3, 0.4) is 0 Å². The molecule has 0 fully saturated rings. The molecule has 0 radical (unpaired) electrons.